The van der Waals surface area contributed by atoms with E-state index in [1.165, 1.54) is 4.68 Å². The summed E-state index contributed by atoms with van der Waals surface area (Å²) in [6, 6.07) is 8.83. The van der Waals surface area contributed by atoms with Crippen LogP contribution >= 0.6 is 0 Å². The highest BCUT2D eigenvalue weighted by Gasteiger charge is 2.25. The van der Waals surface area contributed by atoms with Crippen molar-refractivity contribution in [1.82, 2.24) is 24.1 Å². The third-order valence-corrected chi connectivity index (χ3v) is 5.52. The van der Waals surface area contributed by atoms with Crippen LogP contribution in [0.5, 0.6) is 0 Å². The fraction of sp³-hybridized carbons (Fsp3) is 0.375. The molecule has 2 aromatic heterocycles. The van der Waals surface area contributed by atoms with Crippen molar-refractivity contribution in [2.75, 3.05) is 0 Å². The Morgan fingerprint density at radius 1 is 1.29 bits per heavy atom. The molecule has 2 heterocycles. The Morgan fingerprint density at radius 3 is 2.67 bits per heavy atom. The van der Waals surface area contributed by atoms with Gasteiger partial charge in [0.05, 0.1) is 22.8 Å². The number of nitrogens with one attached hydrogen (secondary N) is 1. The molecule has 0 aliphatic carbocycles. The first-order valence-electron chi connectivity index (χ1n) is 7.81. The SMILES string of the molecule is CCn1nc(C)cc1S(=O)(=O)NC(C)c1nc2ccccc2n1C. The molecule has 24 heavy (non-hydrogen) atoms. The molecule has 0 aliphatic rings. The standard InChI is InChI=1S/C16H21N5O2S/c1-5-21-15(10-11(2)18-21)24(22,23)19-12(3)16-17-13-8-6-7-9-14(13)20(16)4/h6-10,12,19H,5H2,1-4H3. The number of para-hydroxylation sites is 2. The summed E-state index contributed by atoms with van der Waals surface area (Å²) < 4.78 is 31.6. The van der Waals surface area contributed by atoms with E-state index in [2.05, 4.69) is 14.8 Å². The minimum atomic E-state index is -3.69. The zero-order valence-corrected chi connectivity index (χ0v) is 15.0. The molecule has 128 valence electrons. The van der Waals surface area contributed by atoms with Gasteiger partial charge in [-0.1, -0.05) is 12.1 Å². The summed E-state index contributed by atoms with van der Waals surface area (Å²) in [5.74, 6) is 0.666. The summed E-state index contributed by atoms with van der Waals surface area (Å²) in [5, 5.41) is 4.38. The molecular weight excluding hydrogens is 326 g/mol. The summed E-state index contributed by atoms with van der Waals surface area (Å²) in [7, 11) is -1.80. The van der Waals surface area contributed by atoms with Gasteiger partial charge in [0.1, 0.15) is 5.82 Å². The highest BCUT2D eigenvalue weighted by molar-refractivity contribution is 7.89. The van der Waals surface area contributed by atoms with E-state index in [1.807, 2.05) is 42.8 Å². The number of aromatic nitrogens is 4. The number of rotatable bonds is 5. The van der Waals surface area contributed by atoms with Crippen LogP contribution in [0.15, 0.2) is 35.4 Å². The van der Waals surface area contributed by atoms with E-state index in [4.69, 9.17) is 0 Å². The third kappa shape index (κ3) is 2.83. The summed E-state index contributed by atoms with van der Waals surface area (Å²) in [6.07, 6.45) is 0. The maximum Gasteiger partial charge on any atom is 0.258 e. The molecule has 0 saturated carbocycles. The van der Waals surface area contributed by atoms with E-state index in [9.17, 15) is 8.42 Å². The van der Waals surface area contributed by atoms with Crippen molar-refractivity contribution >= 4 is 21.1 Å². The minimum Gasteiger partial charge on any atom is -0.330 e. The van der Waals surface area contributed by atoms with Crippen LogP contribution in [-0.4, -0.2) is 27.7 Å². The quantitative estimate of drug-likeness (QED) is 0.766. The summed E-state index contributed by atoms with van der Waals surface area (Å²) in [6.45, 7) is 5.92. The normalized spacial score (nSPS) is 13.5. The van der Waals surface area contributed by atoms with Gasteiger partial charge < -0.3 is 4.57 Å². The van der Waals surface area contributed by atoms with Crippen molar-refractivity contribution in [3.8, 4) is 0 Å². The predicted octanol–water partition coefficient (Wildman–Crippen LogP) is 2.14. The number of hydrogen-bond donors (Lipinski definition) is 1. The molecule has 0 radical (unpaired) electrons. The van der Waals surface area contributed by atoms with Crippen molar-refractivity contribution in [1.29, 1.82) is 0 Å². The molecule has 1 unspecified atom stereocenters. The fourth-order valence-corrected chi connectivity index (χ4v) is 4.33. The second-order valence-electron chi connectivity index (χ2n) is 5.80. The maximum atomic E-state index is 12.7. The largest absolute Gasteiger partial charge is 0.330 e. The second-order valence-corrected chi connectivity index (χ2v) is 7.46. The topological polar surface area (TPSA) is 81.8 Å². The van der Waals surface area contributed by atoms with Crippen molar-refractivity contribution in [2.45, 2.75) is 38.4 Å². The molecule has 0 aliphatic heterocycles. The number of fused-ring (bicyclic) bond motifs is 1. The number of imidazole rings is 1. The first-order valence-corrected chi connectivity index (χ1v) is 9.30. The van der Waals surface area contributed by atoms with Gasteiger partial charge in [-0.2, -0.15) is 9.82 Å². The van der Waals surface area contributed by atoms with E-state index < -0.39 is 16.1 Å². The first-order chi connectivity index (χ1) is 11.3. The Balaban J connectivity index is 1.95. The van der Waals surface area contributed by atoms with E-state index in [1.54, 1.807) is 19.9 Å². The summed E-state index contributed by atoms with van der Waals surface area (Å²) in [4.78, 5) is 4.55. The van der Waals surface area contributed by atoms with Crippen LogP contribution in [0.4, 0.5) is 0 Å². The van der Waals surface area contributed by atoms with Crippen LogP contribution in [0.2, 0.25) is 0 Å². The Morgan fingerprint density at radius 2 is 2.00 bits per heavy atom. The zero-order valence-electron chi connectivity index (χ0n) is 14.2. The predicted molar refractivity (Wildman–Crippen MR) is 92.1 cm³/mol. The average Bonchev–Trinajstić information content (AvgIpc) is 3.08. The van der Waals surface area contributed by atoms with E-state index in [0.717, 1.165) is 11.0 Å². The second kappa shape index (κ2) is 6.03. The molecule has 0 saturated heterocycles. The van der Waals surface area contributed by atoms with Gasteiger partial charge in [0, 0.05) is 13.6 Å². The van der Waals surface area contributed by atoms with Crippen molar-refractivity contribution in [3.05, 3.63) is 41.9 Å². The van der Waals surface area contributed by atoms with Crippen LogP contribution < -0.4 is 4.72 Å². The van der Waals surface area contributed by atoms with Crippen LogP contribution in [0.3, 0.4) is 0 Å². The third-order valence-electron chi connectivity index (χ3n) is 3.98. The monoisotopic (exact) mass is 347 g/mol. The maximum absolute atomic E-state index is 12.7. The Bertz CT molecular complexity index is 987. The van der Waals surface area contributed by atoms with Gasteiger partial charge in [-0.25, -0.2) is 13.4 Å². The molecule has 7 nitrogen and oxygen atoms in total. The average molecular weight is 347 g/mol. The first kappa shape index (κ1) is 16.7. The lowest BCUT2D eigenvalue weighted by Gasteiger charge is -2.14. The van der Waals surface area contributed by atoms with E-state index >= 15 is 0 Å². The lowest BCUT2D eigenvalue weighted by molar-refractivity contribution is 0.527. The molecule has 1 N–H and O–H groups in total. The van der Waals surface area contributed by atoms with Crippen molar-refractivity contribution in [3.63, 3.8) is 0 Å². The number of aryl methyl sites for hydroxylation is 3. The van der Waals surface area contributed by atoms with Gasteiger partial charge in [-0.15, -0.1) is 0 Å². The molecule has 3 rings (SSSR count). The Kier molecular flexibility index (Phi) is 4.18. The molecule has 3 aromatic rings. The van der Waals surface area contributed by atoms with E-state index in [0.29, 0.717) is 18.1 Å². The van der Waals surface area contributed by atoms with Gasteiger partial charge in [0.2, 0.25) is 0 Å². The van der Waals surface area contributed by atoms with Crippen molar-refractivity contribution < 1.29 is 8.42 Å². The molecule has 0 spiro atoms. The minimum absolute atomic E-state index is 0.174. The fourth-order valence-electron chi connectivity index (χ4n) is 2.86. The van der Waals surface area contributed by atoms with Gasteiger partial charge in [0.15, 0.2) is 5.03 Å². The lowest BCUT2D eigenvalue weighted by Crippen LogP contribution is -2.30. The van der Waals surface area contributed by atoms with Crippen LogP contribution in [0.1, 0.15) is 31.4 Å². The number of benzene rings is 1. The van der Waals surface area contributed by atoms with Gasteiger partial charge in [-0.3, -0.25) is 4.68 Å². The smallest absolute Gasteiger partial charge is 0.258 e. The molecular formula is C16H21N5O2S. The Labute approximate surface area is 141 Å². The molecule has 1 aromatic carbocycles. The molecule has 8 heteroatoms. The number of nitrogens with zero attached hydrogens (tertiary/aromatic N) is 4. The van der Waals surface area contributed by atoms with E-state index in [-0.39, 0.29) is 5.03 Å². The van der Waals surface area contributed by atoms with Crippen LogP contribution in [-0.2, 0) is 23.6 Å². The molecule has 0 fully saturated rings. The van der Waals surface area contributed by atoms with Crippen LogP contribution in [0, 0.1) is 6.92 Å². The summed E-state index contributed by atoms with van der Waals surface area (Å²) >= 11 is 0. The molecule has 1 atom stereocenters. The number of hydrogen-bond acceptors (Lipinski definition) is 4. The van der Waals surface area contributed by atoms with Gasteiger partial charge in [-0.05, 0) is 39.0 Å². The lowest BCUT2D eigenvalue weighted by atomic mass is 10.3. The highest BCUT2D eigenvalue weighted by atomic mass is 32.2. The Hall–Kier alpha value is -2.19. The van der Waals surface area contributed by atoms with Crippen LogP contribution in [0.25, 0.3) is 11.0 Å². The number of sulfonamides is 1. The highest BCUT2D eigenvalue weighted by Crippen LogP contribution is 2.21. The summed E-state index contributed by atoms with van der Waals surface area (Å²) in [5.41, 5.74) is 2.48. The molecule has 0 amide bonds. The van der Waals surface area contributed by atoms with Gasteiger partial charge in [0.25, 0.3) is 10.0 Å². The zero-order chi connectivity index (χ0) is 17.5. The van der Waals surface area contributed by atoms with Crippen molar-refractivity contribution in [2.24, 2.45) is 7.05 Å². The van der Waals surface area contributed by atoms with Gasteiger partial charge >= 0.3 is 0 Å². The molecule has 0 bridgehead atoms.